The number of hydrogen-bond donors (Lipinski definition) is 0. The molecule has 0 aliphatic carbocycles. The third-order valence-corrected chi connectivity index (χ3v) is 5.64. The molecular weight excluding hydrogens is 374 g/mol. The number of hydrogen-bond acceptors (Lipinski definition) is 4. The van der Waals surface area contributed by atoms with E-state index in [1.807, 2.05) is 30.3 Å². The summed E-state index contributed by atoms with van der Waals surface area (Å²) in [4.78, 5) is 2.26. The molecule has 0 aliphatic heterocycles. The van der Waals surface area contributed by atoms with Gasteiger partial charge in [0.1, 0.15) is 10.0 Å². The van der Waals surface area contributed by atoms with Gasteiger partial charge in [0.15, 0.2) is 0 Å². The second-order valence-corrected chi connectivity index (χ2v) is 8.19. The van der Waals surface area contributed by atoms with Crippen LogP contribution in [0.5, 0.6) is 0 Å². The van der Waals surface area contributed by atoms with Crippen molar-refractivity contribution < 1.29 is 0 Å². The van der Waals surface area contributed by atoms with Gasteiger partial charge in [-0.15, -0.1) is 10.2 Å². The Morgan fingerprint density at radius 3 is 1.55 bits per heavy atom. The van der Waals surface area contributed by atoms with Crippen LogP contribution < -0.4 is 4.90 Å². The van der Waals surface area contributed by atoms with E-state index in [1.54, 1.807) is 11.3 Å². The summed E-state index contributed by atoms with van der Waals surface area (Å²) in [5, 5.41) is 10.8. The van der Waals surface area contributed by atoms with Crippen LogP contribution in [-0.4, -0.2) is 0 Å². The van der Waals surface area contributed by atoms with Crippen molar-refractivity contribution in [3.05, 3.63) is 102 Å². The molecular formula is C25H23N3S. The lowest BCUT2D eigenvalue weighted by molar-refractivity contribution is 1.25. The summed E-state index contributed by atoms with van der Waals surface area (Å²) in [5.74, 6) is 0. The fraction of sp³-hybridized carbons (Fsp3) is 0.120. The molecule has 3 aromatic carbocycles. The van der Waals surface area contributed by atoms with Crippen molar-refractivity contribution in [2.45, 2.75) is 20.8 Å². The molecule has 0 atom stereocenters. The van der Waals surface area contributed by atoms with Crippen LogP contribution in [0.3, 0.4) is 0 Å². The molecule has 3 nitrogen and oxygen atoms in total. The van der Waals surface area contributed by atoms with Crippen LogP contribution in [0.4, 0.5) is 27.1 Å². The van der Waals surface area contributed by atoms with E-state index in [-0.39, 0.29) is 0 Å². The van der Waals surface area contributed by atoms with Crippen molar-refractivity contribution >= 4 is 38.4 Å². The van der Waals surface area contributed by atoms with Gasteiger partial charge in [0, 0.05) is 11.4 Å². The molecule has 4 aromatic rings. The maximum atomic E-state index is 4.44. The van der Waals surface area contributed by atoms with Crippen molar-refractivity contribution in [3.8, 4) is 0 Å². The van der Waals surface area contributed by atoms with E-state index in [2.05, 4.69) is 90.5 Å². The Morgan fingerprint density at radius 1 is 0.552 bits per heavy atom. The Morgan fingerprint density at radius 2 is 1.03 bits per heavy atom. The minimum atomic E-state index is 0.861. The molecule has 0 spiro atoms. The summed E-state index contributed by atoms with van der Waals surface area (Å²) in [5.41, 5.74) is 6.83. The largest absolute Gasteiger partial charge is 0.302 e. The molecule has 0 bridgehead atoms. The van der Waals surface area contributed by atoms with Crippen LogP contribution in [0.1, 0.15) is 16.7 Å². The lowest BCUT2D eigenvalue weighted by Gasteiger charge is -2.23. The Hall–Kier alpha value is -3.24. The Balaban J connectivity index is 1.67. The van der Waals surface area contributed by atoms with E-state index in [9.17, 15) is 0 Å². The predicted octanol–water partition coefficient (Wildman–Crippen LogP) is 8.56. The van der Waals surface area contributed by atoms with Gasteiger partial charge in [-0.25, -0.2) is 0 Å². The van der Waals surface area contributed by atoms with Crippen molar-refractivity contribution in [3.63, 3.8) is 0 Å². The van der Waals surface area contributed by atoms with E-state index in [4.69, 9.17) is 0 Å². The van der Waals surface area contributed by atoms with Gasteiger partial charge in [-0.2, -0.15) is 0 Å². The summed E-state index contributed by atoms with van der Waals surface area (Å²) in [6.07, 6.45) is 0. The second-order valence-electron chi connectivity index (χ2n) is 7.15. The van der Waals surface area contributed by atoms with Crippen LogP contribution in [0.2, 0.25) is 0 Å². The molecule has 1 heterocycles. The number of thiophene rings is 1. The molecule has 4 heteroatoms. The van der Waals surface area contributed by atoms with Gasteiger partial charge in [0.2, 0.25) is 0 Å². The molecule has 0 aliphatic rings. The first kappa shape index (κ1) is 19.1. The van der Waals surface area contributed by atoms with Crippen molar-refractivity contribution in [1.29, 1.82) is 0 Å². The molecule has 0 saturated heterocycles. The first-order valence-electron chi connectivity index (χ1n) is 9.60. The van der Waals surface area contributed by atoms with Gasteiger partial charge in [-0.1, -0.05) is 64.4 Å². The highest BCUT2D eigenvalue weighted by Crippen LogP contribution is 2.41. The maximum Gasteiger partial charge on any atom is 0.140 e. The smallest absolute Gasteiger partial charge is 0.140 e. The maximum absolute atomic E-state index is 4.44. The molecule has 144 valence electrons. The number of nitrogens with zero attached hydrogens (tertiary/aromatic N) is 3. The number of anilines is 3. The Bertz CT molecular complexity index is 1060. The zero-order chi connectivity index (χ0) is 20.2. The first-order valence-corrected chi connectivity index (χ1v) is 10.4. The van der Waals surface area contributed by atoms with Gasteiger partial charge in [0.05, 0.1) is 5.69 Å². The number of rotatable bonds is 5. The summed E-state index contributed by atoms with van der Waals surface area (Å²) in [6.45, 7) is 6.28. The number of aryl methyl sites for hydroxylation is 3. The lowest BCUT2D eigenvalue weighted by Crippen LogP contribution is -2.08. The van der Waals surface area contributed by atoms with Crippen molar-refractivity contribution in [2.75, 3.05) is 4.90 Å². The summed E-state index contributed by atoms with van der Waals surface area (Å²) < 4.78 is 0. The zero-order valence-corrected chi connectivity index (χ0v) is 17.6. The number of azo groups is 1. The SMILES string of the molecule is Cc1ccc(N=Nc2ccc(N(c3ccc(C)cc3)c3ccc(C)cc3)s2)cc1. The summed E-state index contributed by atoms with van der Waals surface area (Å²) in [7, 11) is 0. The van der Waals surface area contributed by atoms with E-state index in [0.29, 0.717) is 0 Å². The third kappa shape index (κ3) is 4.61. The average Bonchev–Trinajstić information content (AvgIpc) is 3.19. The van der Waals surface area contributed by atoms with Gasteiger partial charge in [-0.3, -0.25) is 0 Å². The third-order valence-electron chi connectivity index (χ3n) is 4.68. The van der Waals surface area contributed by atoms with Crippen LogP contribution in [-0.2, 0) is 0 Å². The van der Waals surface area contributed by atoms with Crippen LogP contribution in [0, 0.1) is 20.8 Å². The highest BCUT2D eigenvalue weighted by molar-refractivity contribution is 7.19. The van der Waals surface area contributed by atoms with Crippen molar-refractivity contribution in [1.82, 2.24) is 0 Å². The predicted molar refractivity (Wildman–Crippen MR) is 124 cm³/mol. The molecule has 0 amide bonds. The topological polar surface area (TPSA) is 28.0 Å². The average molecular weight is 398 g/mol. The van der Waals surface area contributed by atoms with Gasteiger partial charge in [-0.05, 0) is 69.3 Å². The Kier molecular flexibility index (Phi) is 5.54. The Labute approximate surface area is 176 Å². The standard InChI is InChI=1S/C25H23N3S/c1-18-4-10-21(11-5-18)26-27-24-16-17-25(29-24)28(22-12-6-19(2)7-13-22)23-14-8-20(3)9-15-23/h4-17H,1-3H3. The minimum absolute atomic E-state index is 0.861. The minimum Gasteiger partial charge on any atom is -0.302 e. The summed E-state index contributed by atoms with van der Waals surface area (Å²) >= 11 is 1.63. The molecule has 0 unspecified atom stereocenters. The number of benzene rings is 3. The quantitative estimate of drug-likeness (QED) is 0.310. The normalized spacial score (nSPS) is 11.1. The molecule has 4 rings (SSSR count). The zero-order valence-electron chi connectivity index (χ0n) is 16.8. The summed E-state index contributed by atoms with van der Waals surface area (Å²) in [6, 6.07) is 29.4. The molecule has 29 heavy (non-hydrogen) atoms. The van der Waals surface area contributed by atoms with Gasteiger partial charge < -0.3 is 4.90 Å². The molecule has 0 radical (unpaired) electrons. The fourth-order valence-electron chi connectivity index (χ4n) is 3.00. The molecule has 0 saturated carbocycles. The van der Waals surface area contributed by atoms with Crippen LogP contribution in [0.25, 0.3) is 0 Å². The molecule has 0 N–H and O–H groups in total. The molecule has 1 aromatic heterocycles. The van der Waals surface area contributed by atoms with Crippen molar-refractivity contribution in [2.24, 2.45) is 10.2 Å². The van der Waals surface area contributed by atoms with Gasteiger partial charge in [0.25, 0.3) is 0 Å². The van der Waals surface area contributed by atoms with E-state index in [1.165, 1.54) is 16.7 Å². The van der Waals surface area contributed by atoms with E-state index in [0.717, 1.165) is 27.1 Å². The second kappa shape index (κ2) is 8.41. The monoisotopic (exact) mass is 397 g/mol. The van der Waals surface area contributed by atoms with Crippen LogP contribution in [0.15, 0.2) is 95.2 Å². The highest BCUT2D eigenvalue weighted by atomic mass is 32.1. The van der Waals surface area contributed by atoms with E-state index >= 15 is 0 Å². The highest BCUT2D eigenvalue weighted by Gasteiger charge is 2.14. The molecule has 0 fully saturated rings. The van der Waals surface area contributed by atoms with E-state index < -0.39 is 0 Å². The fourth-order valence-corrected chi connectivity index (χ4v) is 3.87. The first-order chi connectivity index (χ1) is 14.1. The van der Waals surface area contributed by atoms with Crippen LogP contribution >= 0.6 is 11.3 Å². The lowest BCUT2D eigenvalue weighted by atomic mass is 10.1. The van der Waals surface area contributed by atoms with Gasteiger partial charge >= 0.3 is 0 Å².